The maximum absolute atomic E-state index is 9.35. The zero-order chi connectivity index (χ0) is 43.4. The molecule has 3 aromatic heterocycles. The van der Waals surface area contributed by atoms with Crippen molar-refractivity contribution < 1.29 is 16.8 Å². The summed E-state index contributed by atoms with van der Waals surface area (Å²) < 4.78 is 88.0. The van der Waals surface area contributed by atoms with Crippen LogP contribution in [-0.4, -0.2) is 15.0 Å². The summed E-state index contributed by atoms with van der Waals surface area (Å²) in [4.78, 5) is 14.9. The quantitative estimate of drug-likeness (QED) is 0.178. The Morgan fingerprint density at radius 2 is 1.15 bits per heavy atom. The molecule has 0 atom stereocenters. The van der Waals surface area contributed by atoms with Crippen molar-refractivity contribution in [2.75, 3.05) is 0 Å². The van der Waals surface area contributed by atoms with Crippen molar-refractivity contribution in [3.05, 3.63) is 176 Å². The Kier molecular flexibility index (Phi) is 5.22. The average molecular weight is 717 g/mol. The van der Waals surface area contributed by atoms with E-state index in [1.165, 1.54) is 0 Å². The number of thiophene rings is 1. The molecule has 8 aromatic carbocycles. The molecular formula is C49H29N3OS. The fourth-order valence-electron chi connectivity index (χ4n) is 7.15. The van der Waals surface area contributed by atoms with Gasteiger partial charge in [-0.2, -0.15) is 0 Å². The average Bonchev–Trinajstić information content (AvgIpc) is 3.90. The van der Waals surface area contributed by atoms with Gasteiger partial charge in [0.2, 0.25) is 0 Å². The second kappa shape index (κ2) is 12.3. The molecule has 0 N–H and O–H groups in total. The summed E-state index contributed by atoms with van der Waals surface area (Å²) in [7, 11) is 0. The predicted octanol–water partition coefficient (Wildman–Crippen LogP) is 13.6. The van der Waals surface area contributed by atoms with Crippen LogP contribution in [0, 0.1) is 0 Å². The first-order valence-electron chi connectivity index (χ1n) is 21.8. The minimum atomic E-state index is -0.563. The van der Waals surface area contributed by atoms with Crippen LogP contribution >= 0.6 is 11.3 Å². The zero-order valence-electron chi connectivity index (χ0n) is 37.2. The number of fused-ring (bicyclic) bond motifs is 8. The van der Waals surface area contributed by atoms with Gasteiger partial charge in [0.15, 0.2) is 17.5 Å². The van der Waals surface area contributed by atoms with Gasteiger partial charge in [-0.15, -0.1) is 11.3 Å². The molecule has 3 heterocycles. The number of nitrogens with zero attached hydrogens (tertiary/aromatic N) is 3. The summed E-state index contributed by atoms with van der Waals surface area (Å²) in [5.74, 6) is 0.474. The molecule has 0 amide bonds. The molecule has 0 aliphatic heterocycles. The van der Waals surface area contributed by atoms with Gasteiger partial charge in [-0.1, -0.05) is 151 Å². The van der Waals surface area contributed by atoms with Gasteiger partial charge in [0.1, 0.15) is 11.2 Å². The molecule has 0 saturated carbocycles. The third kappa shape index (κ3) is 5.01. The van der Waals surface area contributed by atoms with Gasteiger partial charge in [0.05, 0.1) is 12.3 Å². The van der Waals surface area contributed by atoms with Crippen molar-refractivity contribution >= 4 is 64.2 Å². The van der Waals surface area contributed by atoms with Crippen LogP contribution in [0.15, 0.2) is 180 Å². The van der Waals surface area contributed by atoms with Gasteiger partial charge in [-0.25, -0.2) is 15.0 Å². The molecule has 252 valence electrons. The molecule has 0 fully saturated rings. The van der Waals surface area contributed by atoms with E-state index in [4.69, 9.17) is 29.0 Å². The van der Waals surface area contributed by atoms with E-state index in [1.807, 2.05) is 84.9 Å². The summed E-state index contributed by atoms with van der Waals surface area (Å²) >= 11 is 1.65. The monoisotopic (exact) mass is 716 g/mol. The van der Waals surface area contributed by atoms with E-state index in [2.05, 4.69) is 36.4 Å². The van der Waals surface area contributed by atoms with E-state index in [0.29, 0.717) is 11.1 Å². The van der Waals surface area contributed by atoms with E-state index in [1.54, 1.807) is 11.3 Å². The highest BCUT2D eigenvalue weighted by Gasteiger charge is 2.20. The Morgan fingerprint density at radius 1 is 0.444 bits per heavy atom. The number of aromatic nitrogens is 3. The zero-order valence-corrected chi connectivity index (χ0v) is 29.0. The summed E-state index contributed by atoms with van der Waals surface area (Å²) in [6, 6.07) is 35.8. The Bertz CT molecular complexity index is 3730. The third-order valence-corrected chi connectivity index (χ3v) is 10.8. The number of hydrogen-bond acceptors (Lipinski definition) is 5. The summed E-state index contributed by atoms with van der Waals surface area (Å²) in [6.45, 7) is 0. The number of hydrogen-bond donors (Lipinski definition) is 0. The molecule has 0 unspecified atom stereocenters. The fourth-order valence-corrected chi connectivity index (χ4v) is 8.32. The van der Waals surface area contributed by atoms with Crippen molar-refractivity contribution in [3.8, 4) is 56.4 Å². The molecule has 4 nitrogen and oxygen atoms in total. The van der Waals surface area contributed by atoms with Crippen molar-refractivity contribution in [2.45, 2.75) is 0 Å². The van der Waals surface area contributed by atoms with Crippen molar-refractivity contribution in [1.29, 1.82) is 0 Å². The molecular weight excluding hydrogens is 679 g/mol. The molecule has 0 spiro atoms. The molecule has 54 heavy (non-hydrogen) atoms. The van der Waals surface area contributed by atoms with E-state index in [-0.39, 0.29) is 55.7 Å². The number of rotatable bonds is 5. The normalized spacial score (nSPS) is 14.0. The maximum Gasteiger partial charge on any atom is 0.164 e. The molecule has 11 aromatic rings. The van der Waals surface area contributed by atoms with E-state index >= 15 is 0 Å². The number of furan rings is 1. The summed E-state index contributed by atoms with van der Waals surface area (Å²) in [6.07, 6.45) is 0. The van der Waals surface area contributed by atoms with Crippen molar-refractivity contribution in [2.24, 2.45) is 0 Å². The largest absolute Gasteiger partial charge is 0.455 e. The Morgan fingerprint density at radius 3 is 1.98 bits per heavy atom. The van der Waals surface area contributed by atoms with Crippen LogP contribution in [0.1, 0.15) is 12.3 Å². The van der Waals surface area contributed by atoms with Crippen molar-refractivity contribution in [1.82, 2.24) is 15.0 Å². The first-order chi connectivity index (χ1) is 30.5. The lowest BCUT2D eigenvalue weighted by atomic mass is 9.99. The Labute approximate surface area is 327 Å². The van der Waals surface area contributed by atoms with Gasteiger partial charge < -0.3 is 4.42 Å². The summed E-state index contributed by atoms with van der Waals surface area (Å²) in [5, 5.41) is 1.81. The highest BCUT2D eigenvalue weighted by Crippen LogP contribution is 2.42. The lowest BCUT2D eigenvalue weighted by Gasteiger charge is -2.10. The van der Waals surface area contributed by atoms with Crippen molar-refractivity contribution in [3.63, 3.8) is 0 Å². The van der Waals surface area contributed by atoms with Crippen LogP contribution in [0.5, 0.6) is 0 Å². The molecule has 0 saturated heterocycles. The minimum Gasteiger partial charge on any atom is -0.455 e. The number of benzene rings is 8. The van der Waals surface area contributed by atoms with E-state index < -0.39 is 54.4 Å². The van der Waals surface area contributed by atoms with Crippen LogP contribution in [-0.2, 0) is 0 Å². The van der Waals surface area contributed by atoms with Gasteiger partial charge >= 0.3 is 0 Å². The smallest absolute Gasteiger partial charge is 0.164 e. The van der Waals surface area contributed by atoms with E-state index in [0.717, 1.165) is 42.4 Å². The molecule has 5 heteroatoms. The van der Waals surface area contributed by atoms with Gasteiger partial charge in [-0.05, 0) is 51.9 Å². The predicted molar refractivity (Wildman–Crippen MR) is 225 cm³/mol. The Balaban J connectivity index is 1.19. The maximum atomic E-state index is 9.35. The first-order valence-corrected chi connectivity index (χ1v) is 18.1. The Hall–Kier alpha value is -6.95. The fraction of sp³-hybridized carbons (Fsp3) is 0. The molecule has 0 radical (unpaired) electrons. The lowest BCUT2D eigenvalue weighted by molar-refractivity contribution is 0.672. The SMILES string of the molecule is [2H]c1c([2H])c(-c2nc(-c3ccc(-c4ccccc4)cc3)nc(-c3ccc4c(c3)sc3cccc(-c5ccccc5)c34)n2)c2c(oc3c4c([2H])c([2H])c([2H])c([2H])c4c([2H])c([2H])c32)c1[2H]. The highest BCUT2D eigenvalue weighted by molar-refractivity contribution is 7.26. The molecule has 11 rings (SSSR count). The first kappa shape index (κ1) is 22.9. The molecule has 0 aliphatic carbocycles. The molecule has 0 aliphatic rings. The van der Waals surface area contributed by atoms with Gasteiger partial charge in [0.25, 0.3) is 0 Å². The van der Waals surface area contributed by atoms with Crippen LogP contribution in [0.3, 0.4) is 0 Å². The summed E-state index contributed by atoms with van der Waals surface area (Å²) in [5.41, 5.74) is 5.10. The molecule has 0 bridgehead atoms. The van der Waals surface area contributed by atoms with Crippen LogP contribution in [0.25, 0.3) is 109 Å². The standard InChI is InChI=1S/C49H29N3OS/c1-3-11-30(12-4-1)31-21-23-34(24-22-31)47-50-48(35-26-27-38-43(29-35)54-42-20-10-17-36(45(38)42)32-13-5-2-6-14-32)52-49(51-47)40-18-9-19-41-44(40)39-28-25-33-15-7-8-16-37(33)46(39)53-41/h1-29H/i7D,8D,9D,15D,16D,18D,19D,25D,28D. The van der Waals surface area contributed by atoms with Crippen LogP contribution in [0.2, 0.25) is 0 Å². The van der Waals surface area contributed by atoms with Gasteiger partial charge in [0, 0.05) is 53.0 Å². The second-order valence-corrected chi connectivity index (χ2v) is 14.0. The van der Waals surface area contributed by atoms with E-state index in [9.17, 15) is 2.74 Å². The third-order valence-electron chi connectivity index (χ3n) is 9.70. The van der Waals surface area contributed by atoms with Crippen LogP contribution in [0.4, 0.5) is 0 Å². The minimum absolute atomic E-state index is 0.0136. The van der Waals surface area contributed by atoms with Gasteiger partial charge in [-0.3, -0.25) is 0 Å². The second-order valence-electron chi connectivity index (χ2n) is 12.9. The highest BCUT2D eigenvalue weighted by atomic mass is 32.1. The van der Waals surface area contributed by atoms with Crippen LogP contribution < -0.4 is 0 Å². The topological polar surface area (TPSA) is 51.8 Å². The lowest BCUT2D eigenvalue weighted by Crippen LogP contribution is -2.00.